The van der Waals surface area contributed by atoms with Crippen molar-refractivity contribution in [2.75, 3.05) is 17.5 Å². The minimum atomic E-state index is -3.85. The number of nitrogens with zero attached hydrogens (tertiary/aromatic N) is 2. The molecule has 1 saturated heterocycles. The summed E-state index contributed by atoms with van der Waals surface area (Å²) in [5.41, 5.74) is 0.555. The minimum Gasteiger partial charge on any atom is -0.457 e. The van der Waals surface area contributed by atoms with Crippen LogP contribution in [0.2, 0.25) is 0 Å². The summed E-state index contributed by atoms with van der Waals surface area (Å²) in [4.78, 5) is 27.4. The topological polar surface area (TPSA) is 104 Å². The number of aliphatic hydroxyl groups excluding tert-OH is 1. The standard InChI is InChI=1S/C22H20N2O6S2/c1-3-10-30-22(27)19-15(31-21-17(12(2)25)20(26)24(19)21)11-23-14-8-4-6-13-7-5-9-16(18(13)14)32(23,28)29/h3-9,12,17,21,25H,1,10-11H2,2H3/t12-,17?,21?/m0/s1. The SMILES string of the molecule is C=CCOC(=O)C1=C(CN2c3cccc4cccc(c34)S2(=O)=O)SC2C([C@H](C)O)C(=O)N12. The molecule has 3 heterocycles. The predicted molar refractivity (Wildman–Crippen MR) is 120 cm³/mol. The van der Waals surface area contributed by atoms with Gasteiger partial charge >= 0.3 is 5.97 Å². The Morgan fingerprint density at radius 3 is 2.72 bits per heavy atom. The molecule has 0 aromatic heterocycles. The van der Waals surface area contributed by atoms with Crippen molar-refractivity contribution in [1.29, 1.82) is 0 Å². The summed E-state index contributed by atoms with van der Waals surface area (Å²) in [6, 6.07) is 10.5. The van der Waals surface area contributed by atoms with Gasteiger partial charge in [-0.1, -0.05) is 48.7 Å². The number of esters is 1. The molecule has 0 saturated carbocycles. The van der Waals surface area contributed by atoms with Gasteiger partial charge in [0, 0.05) is 10.3 Å². The molecule has 3 aliphatic heterocycles. The molecule has 2 aromatic carbocycles. The van der Waals surface area contributed by atoms with Crippen LogP contribution in [-0.2, 0) is 24.3 Å². The number of sulfonamides is 1. The molecule has 1 N–H and O–H groups in total. The zero-order chi connectivity index (χ0) is 22.8. The van der Waals surface area contributed by atoms with Crippen LogP contribution in [0.1, 0.15) is 6.92 Å². The molecule has 0 aliphatic carbocycles. The van der Waals surface area contributed by atoms with Gasteiger partial charge in [0.25, 0.3) is 10.0 Å². The van der Waals surface area contributed by atoms with Gasteiger partial charge in [0.2, 0.25) is 5.91 Å². The third kappa shape index (κ3) is 2.83. The number of rotatable bonds is 6. The average molecular weight is 473 g/mol. The number of hydrogen-bond acceptors (Lipinski definition) is 7. The Hall–Kier alpha value is -2.82. The van der Waals surface area contributed by atoms with Crippen LogP contribution in [0.3, 0.4) is 0 Å². The van der Waals surface area contributed by atoms with E-state index in [1.165, 1.54) is 34.0 Å². The van der Waals surface area contributed by atoms with Gasteiger partial charge in [-0.15, -0.1) is 0 Å². The quantitative estimate of drug-likeness (QED) is 0.390. The number of carbonyl (C=O) groups excluding carboxylic acids is 2. The van der Waals surface area contributed by atoms with E-state index in [-0.39, 0.29) is 29.7 Å². The largest absolute Gasteiger partial charge is 0.457 e. The highest BCUT2D eigenvalue weighted by molar-refractivity contribution is 8.04. The van der Waals surface area contributed by atoms with Crippen LogP contribution in [0.4, 0.5) is 5.69 Å². The van der Waals surface area contributed by atoms with Crippen molar-refractivity contribution in [2.24, 2.45) is 5.92 Å². The first-order chi connectivity index (χ1) is 15.3. The summed E-state index contributed by atoms with van der Waals surface area (Å²) in [5, 5.41) is 11.0. The second-order valence-corrected chi connectivity index (χ2v) is 10.8. The zero-order valence-corrected chi connectivity index (χ0v) is 18.7. The molecule has 2 unspecified atom stereocenters. The summed E-state index contributed by atoms with van der Waals surface area (Å²) < 4.78 is 33.2. The van der Waals surface area contributed by atoms with Crippen LogP contribution in [0.25, 0.3) is 10.8 Å². The summed E-state index contributed by atoms with van der Waals surface area (Å²) in [5.74, 6) is -1.78. The van der Waals surface area contributed by atoms with E-state index >= 15 is 0 Å². The molecular weight excluding hydrogens is 452 g/mol. The molecule has 3 aliphatic rings. The molecule has 2 aromatic rings. The molecule has 32 heavy (non-hydrogen) atoms. The number of aliphatic hydroxyl groups is 1. The number of carbonyl (C=O) groups is 2. The van der Waals surface area contributed by atoms with E-state index in [1.807, 2.05) is 12.1 Å². The lowest BCUT2D eigenvalue weighted by molar-refractivity contribution is -0.157. The van der Waals surface area contributed by atoms with Crippen molar-refractivity contribution in [3.63, 3.8) is 0 Å². The molecule has 8 nitrogen and oxygen atoms in total. The number of ether oxygens (including phenoxy) is 1. The van der Waals surface area contributed by atoms with Gasteiger partial charge in [-0.2, -0.15) is 0 Å². The second-order valence-electron chi connectivity index (χ2n) is 7.79. The van der Waals surface area contributed by atoms with Crippen molar-refractivity contribution in [3.8, 4) is 0 Å². The van der Waals surface area contributed by atoms with Crippen molar-refractivity contribution in [3.05, 3.63) is 59.7 Å². The Balaban J connectivity index is 1.57. The van der Waals surface area contributed by atoms with Crippen LogP contribution < -0.4 is 4.31 Å². The lowest BCUT2D eigenvalue weighted by atomic mass is 9.92. The summed E-state index contributed by atoms with van der Waals surface area (Å²) in [7, 11) is -3.85. The van der Waals surface area contributed by atoms with Gasteiger partial charge in [0.05, 0.1) is 29.1 Å². The van der Waals surface area contributed by atoms with Crippen LogP contribution in [0, 0.1) is 5.92 Å². The maximum absolute atomic E-state index is 13.4. The van der Waals surface area contributed by atoms with E-state index in [0.29, 0.717) is 16.0 Å². The van der Waals surface area contributed by atoms with E-state index in [0.717, 1.165) is 5.39 Å². The summed E-state index contributed by atoms with van der Waals surface area (Å²) >= 11 is 1.22. The van der Waals surface area contributed by atoms with Crippen LogP contribution in [-0.4, -0.2) is 54.9 Å². The summed E-state index contributed by atoms with van der Waals surface area (Å²) in [6.07, 6.45) is 0.519. The maximum Gasteiger partial charge on any atom is 0.356 e. The third-order valence-corrected chi connectivity index (χ3v) is 9.02. The predicted octanol–water partition coefficient (Wildman–Crippen LogP) is 2.20. The van der Waals surface area contributed by atoms with Crippen LogP contribution in [0.5, 0.6) is 0 Å². The second kappa shape index (κ2) is 7.36. The molecule has 1 amide bonds. The fourth-order valence-corrected chi connectivity index (χ4v) is 7.77. The molecule has 0 spiro atoms. The Bertz CT molecular complexity index is 1310. The highest BCUT2D eigenvalue weighted by Gasteiger charge is 2.58. The van der Waals surface area contributed by atoms with Gasteiger partial charge in [0.1, 0.15) is 17.7 Å². The number of hydrogen-bond donors (Lipinski definition) is 1. The Morgan fingerprint density at radius 2 is 2.03 bits per heavy atom. The first kappa shape index (κ1) is 21.0. The van der Waals surface area contributed by atoms with Crippen molar-refractivity contribution >= 4 is 50.1 Å². The van der Waals surface area contributed by atoms with Gasteiger partial charge in [-0.05, 0) is 24.4 Å². The van der Waals surface area contributed by atoms with Crippen LogP contribution >= 0.6 is 11.8 Å². The first-order valence-corrected chi connectivity index (χ1v) is 12.3. The number of amides is 1. The van der Waals surface area contributed by atoms with Crippen molar-refractivity contribution < 1.29 is 27.9 Å². The molecule has 166 valence electrons. The van der Waals surface area contributed by atoms with Crippen molar-refractivity contribution in [1.82, 2.24) is 4.90 Å². The highest BCUT2D eigenvalue weighted by atomic mass is 32.2. The third-order valence-electron chi connectivity index (χ3n) is 5.87. The van der Waals surface area contributed by atoms with Crippen LogP contribution in [0.15, 0.2) is 64.6 Å². The molecular formula is C22H20N2O6S2. The normalized spacial score (nSPS) is 23.9. The van der Waals surface area contributed by atoms with E-state index in [4.69, 9.17) is 4.74 Å². The summed E-state index contributed by atoms with van der Waals surface area (Å²) in [6.45, 7) is 4.89. The Labute approximate surface area is 189 Å². The zero-order valence-electron chi connectivity index (χ0n) is 17.1. The number of thioether (sulfide) groups is 1. The smallest absolute Gasteiger partial charge is 0.356 e. The first-order valence-electron chi connectivity index (χ1n) is 10.0. The van der Waals surface area contributed by atoms with Gasteiger partial charge in [-0.3, -0.25) is 14.0 Å². The average Bonchev–Trinajstić information content (AvgIpc) is 3.18. The van der Waals surface area contributed by atoms with Gasteiger partial charge in [0.15, 0.2) is 0 Å². The Kier molecular flexibility index (Phi) is 4.84. The van der Waals surface area contributed by atoms with E-state index in [2.05, 4.69) is 6.58 Å². The lowest BCUT2D eigenvalue weighted by Gasteiger charge is -2.43. The number of β-lactam (4-membered cyclic amide) rings is 1. The van der Waals surface area contributed by atoms with E-state index in [1.54, 1.807) is 24.3 Å². The maximum atomic E-state index is 13.4. The number of fused-ring (bicyclic) bond motifs is 1. The fourth-order valence-electron chi connectivity index (χ4n) is 4.42. The molecule has 10 heteroatoms. The highest BCUT2D eigenvalue weighted by Crippen LogP contribution is 2.52. The number of anilines is 1. The van der Waals surface area contributed by atoms with Gasteiger partial charge in [-0.25, -0.2) is 13.2 Å². The lowest BCUT2D eigenvalue weighted by Crippen LogP contribution is -2.60. The van der Waals surface area contributed by atoms with Crippen molar-refractivity contribution in [2.45, 2.75) is 23.3 Å². The monoisotopic (exact) mass is 472 g/mol. The van der Waals surface area contributed by atoms with Gasteiger partial charge < -0.3 is 9.84 Å². The molecule has 3 atom stereocenters. The van der Waals surface area contributed by atoms with E-state index < -0.39 is 33.4 Å². The molecule has 0 bridgehead atoms. The Morgan fingerprint density at radius 1 is 1.31 bits per heavy atom. The molecule has 0 radical (unpaired) electrons. The fraction of sp³-hybridized carbons (Fsp3) is 0.273. The number of benzene rings is 2. The molecule has 5 rings (SSSR count). The minimum absolute atomic E-state index is 0.0297. The van der Waals surface area contributed by atoms with E-state index in [9.17, 15) is 23.1 Å². The molecule has 1 fully saturated rings.